The zero-order valence-corrected chi connectivity index (χ0v) is 56.6. The van der Waals surface area contributed by atoms with Gasteiger partial charge in [0.1, 0.15) is 19.8 Å². The number of allylic oxidation sites excluding steroid dienone is 2. The van der Waals surface area contributed by atoms with Gasteiger partial charge in [0, 0.05) is 12.8 Å². The fraction of sp³-hybridized carbons (Fsp3) is 0.944. The maximum absolute atomic E-state index is 12.9. The minimum atomic E-state index is -4.63. The van der Waals surface area contributed by atoms with E-state index in [4.69, 9.17) is 18.5 Å². The minimum absolute atomic E-state index is 0.0255. The maximum Gasteiger partial charge on any atom is 0.306 e. The Labute approximate surface area is 511 Å². The number of likely N-dealkylation sites (N-methyl/N-ethyl adjacent to an activating group) is 1. The molecule has 2 atom stereocenters. The summed E-state index contributed by atoms with van der Waals surface area (Å²) < 4.78 is 34.3. The van der Waals surface area contributed by atoms with Gasteiger partial charge in [-0.15, -0.1) is 0 Å². The number of carbonyl (C=O) groups excluding carboxylic acids is 2. The molecule has 0 aliphatic heterocycles. The van der Waals surface area contributed by atoms with Gasteiger partial charge in [-0.1, -0.05) is 347 Å². The fourth-order valence-corrected chi connectivity index (χ4v) is 11.9. The summed E-state index contributed by atoms with van der Waals surface area (Å²) in [4.78, 5) is 38.0. The van der Waals surface area contributed by atoms with Crippen LogP contribution in [0, 0.1) is 0 Å². The van der Waals surface area contributed by atoms with Crippen LogP contribution in [0.1, 0.15) is 386 Å². The maximum atomic E-state index is 12.9. The molecule has 0 radical (unpaired) electrons. The largest absolute Gasteiger partial charge is 0.756 e. The molecule has 0 aromatic heterocycles. The quantitative estimate of drug-likeness (QED) is 0.0195. The van der Waals surface area contributed by atoms with Crippen LogP contribution in [0.25, 0.3) is 0 Å². The van der Waals surface area contributed by atoms with Crippen molar-refractivity contribution >= 4 is 19.8 Å². The molecule has 0 aliphatic carbocycles. The lowest BCUT2D eigenvalue weighted by atomic mass is 10.0. The average molecular weight is 1180 g/mol. The van der Waals surface area contributed by atoms with Crippen LogP contribution in [-0.4, -0.2) is 70.0 Å². The minimum Gasteiger partial charge on any atom is -0.756 e. The monoisotopic (exact) mass is 1180 g/mol. The van der Waals surface area contributed by atoms with Gasteiger partial charge in [0.05, 0.1) is 27.7 Å². The van der Waals surface area contributed by atoms with E-state index in [-0.39, 0.29) is 32.0 Å². The molecular weight excluding hydrogens is 1040 g/mol. The Morgan fingerprint density at radius 1 is 0.366 bits per heavy atom. The number of rotatable bonds is 69. The lowest BCUT2D eigenvalue weighted by Crippen LogP contribution is -2.37. The summed E-state index contributed by atoms with van der Waals surface area (Å²) in [6.07, 6.45) is 78.9. The van der Waals surface area contributed by atoms with Crippen molar-refractivity contribution in [3.05, 3.63) is 12.2 Å². The molecule has 0 spiro atoms. The molecule has 0 amide bonds. The Hall–Kier alpha value is -1.25. The van der Waals surface area contributed by atoms with E-state index in [1.165, 1.54) is 321 Å². The van der Waals surface area contributed by atoms with Gasteiger partial charge < -0.3 is 27.9 Å². The number of esters is 2. The second-order valence-corrected chi connectivity index (χ2v) is 27.7. The van der Waals surface area contributed by atoms with E-state index in [2.05, 4.69) is 26.0 Å². The molecule has 2 unspecified atom stereocenters. The predicted octanol–water partition coefficient (Wildman–Crippen LogP) is 22.9. The van der Waals surface area contributed by atoms with Crippen molar-refractivity contribution in [1.29, 1.82) is 0 Å². The number of phosphoric ester groups is 1. The summed E-state index contributed by atoms with van der Waals surface area (Å²) in [5.74, 6) is -0.806. The highest BCUT2D eigenvalue weighted by atomic mass is 31.2. The van der Waals surface area contributed by atoms with Crippen molar-refractivity contribution in [2.75, 3.05) is 47.5 Å². The summed E-state index contributed by atoms with van der Waals surface area (Å²) in [5, 5.41) is 0. The van der Waals surface area contributed by atoms with Gasteiger partial charge >= 0.3 is 11.9 Å². The van der Waals surface area contributed by atoms with Crippen molar-refractivity contribution in [1.82, 2.24) is 0 Å². The van der Waals surface area contributed by atoms with Gasteiger partial charge in [-0.3, -0.25) is 14.2 Å². The Morgan fingerprint density at radius 3 is 0.902 bits per heavy atom. The summed E-state index contributed by atoms with van der Waals surface area (Å²) in [6.45, 7) is 4.32. The number of hydrogen-bond acceptors (Lipinski definition) is 8. The first kappa shape index (κ1) is 80.8. The molecule has 0 heterocycles. The van der Waals surface area contributed by atoms with Gasteiger partial charge in [0.2, 0.25) is 0 Å². The smallest absolute Gasteiger partial charge is 0.306 e. The SMILES string of the molecule is CCCCCCCCCC/C=C\CCCCCCCCCCCCCCCCCCCCCCCCCCCCCC(=O)OC(COC(=O)CCCCCCCCCCCCCCCCCCCCC)COP(=O)([O-])OCC[N+](C)(C)C. The first-order chi connectivity index (χ1) is 40.0. The number of ether oxygens (including phenoxy) is 2. The van der Waals surface area contributed by atoms with Gasteiger partial charge in [-0.05, 0) is 38.5 Å². The lowest BCUT2D eigenvalue weighted by molar-refractivity contribution is -0.870. The molecule has 0 aliphatic rings. The van der Waals surface area contributed by atoms with Gasteiger partial charge in [-0.25, -0.2) is 0 Å². The highest BCUT2D eigenvalue weighted by molar-refractivity contribution is 7.45. The zero-order valence-electron chi connectivity index (χ0n) is 55.7. The Balaban J connectivity index is 3.87. The topological polar surface area (TPSA) is 111 Å². The molecule has 0 aromatic rings. The molecule has 10 heteroatoms. The summed E-state index contributed by atoms with van der Waals surface area (Å²) in [7, 11) is 1.19. The van der Waals surface area contributed by atoms with E-state index in [1.807, 2.05) is 21.1 Å². The Bertz CT molecular complexity index is 1390. The molecule has 488 valence electrons. The number of hydrogen-bond donors (Lipinski definition) is 0. The molecule has 0 rings (SSSR count). The van der Waals surface area contributed by atoms with Gasteiger partial charge in [0.15, 0.2) is 6.10 Å². The van der Waals surface area contributed by atoms with Gasteiger partial charge in [0.25, 0.3) is 7.82 Å². The standard InChI is InChI=1S/C72H142NO8P/c1-6-8-10-12-14-16-18-20-22-24-26-27-28-29-30-31-32-33-34-35-36-37-38-39-40-41-42-43-44-45-47-49-51-53-55-57-59-61-63-65-72(75)81-70(69-80-82(76,77)79-67-66-73(3,4)5)68-78-71(74)64-62-60-58-56-54-52-50-48-46-25-23-21-19-17-15-13-11-9-7-2/h24,26,70H,6-23,25,27-69H2,1-5H3/b26-24-. The van der Waals surface area contributed by atoms with Crippen molar-refractivity contribution in [2.45, 2.75) is 392 Å². The third kappa shape index (κ3) is 67.9. The Morgan fingerprint density at radius 2 is 0.622 bits per heavy atom. The van der Waals surface area contributed by atoms with Crippen LogP contribution in [0.5, 0.6) is 0 Å². The first-order valence-corrected chi connectivity index (χ1v) is 37.9. The number of phosphoric acid groups is 1. The molecule has 82 heavy (non-hydrogen) atoms. The van der Waals surface area contributed by atoms with E-state index in [9.17, 15) is 19.0 Å². The van der Waals surface area contributed by atoms with Crippen molar-refractivity contribution in [2.24, 2.45) is 0 Å². The van der Waals surface area contributed by atoms with Crippen LogP contribution in [0.2, 0.25) is 0 Å². The summed E-state index contributed by atoms with van der Waals surface area (Å²) in [6, 6.07) is 0. The van der Waals surface area contributed by atoms with E-state index in [0.29, 0.717) is 17.4 Å². The summed E-state index contributed by atoms with van der Waals surface area (Å²) >= 11 is 0. The molecule has 0 N–H and O–H groups in total. The van der Waals surface area contributed by atoms with Gasteiger partial charge in [-0.2, -0.15) is 0 Å². The van der Waals surface area contributed by atoms with E-state index in [0.717, 1.165) is 32.1 Å². The molecule has 0 bridgehead atoms. The molecule has 9 nitrogen and oxygen atoms in total. The van der Waals surface area contributed by atoms with Crippen LogP contribution in [-0.2, 0) is 32.7 Å². The van der Waals surface area contributed by atoms with Crippen molar-refractivity contribution < 1.29 is 42.1 Å². The fourth-order valence-electron chi connectivity index (χ4n) is 11.2. The third-order valence-corrected chi connectivity index (χ3v) is 17.7. The molecule has 0 saturated heterocycles. The summed E-state index contributed by atoms with van der Waals surface area (Å²) in [5.41, 5.74) is 0. The highest BCUT2D eigenvalue weighted by Gasteiger charge is 2.22. The van der Waals surface area contributed by atoms with Crippen LogP contribution >= 0.6 is 7.82 Å². The molecule has 0 saturated carbocycles. The first-order valence-electron chi connectivity index (χ1n) is 36.4. The van der Waals surface area contributed by atoms with Crippen LogP contribution in [0.3, 0.4) is 0 Å². The second-order valence-electron chi connectivity index (χ2n) is 26.3. The predicted molar refractivity (Wildman–Crippen MR) is 352 cm³/mol. The normalized spacial score (nSPS) is 13.1. The zero-order chi connectivity index (χ0) is 59.8. The average Bonchev–Trinajstić information content (AvgIpc) is 3.46. The lowest BCUT2D eigenvalue weighted by Gasteiger charge is -2.28. The number of nitrogens with zero attached hydrogens (tertiary/aromatic N) is 1. The van der Waals surface area contributed by atoms with Crippen molar-refractivity contribution in [3.63, 3.8) is 0 Å². The third-order valence-electron chi connectivity index (χ3n) is 16.8. The van der Waals surface area contributed by atoms with E-state index >= 15 is 0 Å². The Kier molecular flexibility index (Phi) is 63.3. The van der Waals surface area contributed by atoms with E-state index < -0.39 is 26.5 Å². The van der Waals surface area contributed by atoms with E-state index in [1.54, 1.807) is 0 Å². The number of carbonyl (C=O) groups is 2. The van der Waals surface area contributed by atoms with Crippen LogP contribution in [0.15, 0.2) is 12.2 Å². The van der Waals surface area contributed by atoms with Crippen LogP contribution in [0.4, 0.5) is 0 Å². The number of unbranched alkanes of at least 4 members (excludes halogenated alkanes) is 53. The second kappa shape index (κ2) is 64.2. The highest BCUT2D eigenvalue weighted by Crippen LogP contribution is 2.38. The van der Waals surface area contributed by atoms with Crippen LogP contribution < -0.4 is 4.89 Å². The number of quaternary nitrogens is 1. The molecular formula is C72H142NO8P. The molecule has 0 fully saturated rings. The van der Waals surface area contributed by atoms with Crippen molar-refractivity contribution in [3.8, 4) is 0 Å². The molecule has 0 aromatic carbocycles.